The van der Waals surface area contributed by atoms with Gasteiger partial charge in [-0.25, -0.2) is 0 Å². The standard InChI is InChI=1S/C25H20N2O2/c1-26-25(29)23(27-24(28)17-9-3-2-4-10-17)16-22-20-13-7-5-11-18(20)15-19-12-6-8-14-21(19)22/h2-16H,1H3,(H,26,29)(H,27,28)/b23-16-. The molecule has 0 unspecified atom stereocenters. The van der Waals surface area contributed by atoms with Crippen LogP contribution in [-0.2, 0) is 4.79 Å². The lowest BCUT2D eigenvalue weighted by atomic mass is 9.96. The number of nitrogens with one attached hydrogen (secondary N) is 2. The van der Waals surface area contributed by atoms with Crippen molar-refractivity contribution < 1.29 is 9.59 Å². The van der Waals surface area contributed by atoms with Crippen molar-refractivity contribution in [2.45, 2.75) is 0 Å². The first kappa shape index (κ1) is 18.4. The Morgan fingerprint density at radius 3 is 1.90 bits per heavy atom. The second kappa shape index (κ2) is 7.98. The molecule has 0 atom stereocenters. The molecule has 0 aliphatic carbocycles. The van der Waals surface area contributed by atoms with Gasteiger partial charge in [-0.3, -0.25) is 9.59 Å². The van der Waals surface area contributed by atoms with Gasteiger partial charge in [-0.1, -0.05) is 66.7 Å². The van der Waals surface area contributed by atoms with Crippen LogP contribution in [0.1, 0.15) is 15.9 Å². The molecule has 0 aromatic heterocycles. The molecule has 0 radical (unpaired) electrons. The van der Waals surface area contributed by atoms with E-state index in [2.05, 4.69) is 16.7 Å². The average Bonchev–Trinajstić information content (AvgIpc) is 2.78. The number of hydrogen-bond acceptors (Lipinski definition) is 2. The van der Waals surface area contributed by atoms with Crippen LogP contribution in [0.15, 0.2) is 90.6 Å². The number of benzene rings is 4. The van der Waals surface area contributed by atoms with Crippen molar-refractivity contribution >= 4 is 39.4 Å². The van der Waals surface area contributed by atoms with Gasteiger partial charge in [0.1, 0.15) is 5.70 Å². The quantitative estimate of drug-likeness (QED) is 0.404. The molecule has 142 valence electrons. The molecule has 0 spiro atoms. The fourth-order valence-corrected chi connectivity index (χ4v) is 3.43. The molecule has 4 aromatic carbocycles. The van der Waals surface area contributed by atoms with Crippen molar-refractivity contribution in [1.82, 2.24) is 10.6 Å². The number of carbonyl (C=O) groups is 2. The molecule has 0 saturated carbocycles. The van der Waals surface area contributed by atoms with Gasteiger partial charge in [0.2, 0.25) is 0 Å². The minimum absolute atomic E-state index is 0.197. The molecule has 4 nitrogen and oxygen atoms in total. The summed E-state index contributed by atoms with van der Waals surface area (Å²) in [4.78, 5) is 25.2. The molecule has 2 N–H and O–H groups in total. The first-order valence-electron chi connectivity index (χ1n) is 9.38. The Kier molecular flexibility index (Phi) is 5.08. The van der Waals surface area contributed by atoms with Crippen molar-refractivity contribution in [2.24, 2.45) is 0 Å². The van der Waals surface area contributed by atoms with E-state index in [1.165, 1.54) is 0 Å². The van der Waals surface area contributed by atoms with E-state index in [1.807, 2.05) is 54.6 Å². The summed E-state index contributed by atoms with van der Waals surface area (Å²) in [5.41, 5.74) is 1.58. The Morgan fingerprint density at radius 1 is 0.759 bits per heavy atom. The van der Waals surface area contributed by atoms with Gasteiger partial charge in [-0.05, 0) is 51.4 Å². The van der Waals surface area contributed by atoms with Gasteiger partial charge in [0.15, 0.2) is 0 Å². The maximum atomic E-state index is 12.7. The SMILES string of the molecule is CNC(=O)/C(=C/c1c2ccccc2cc2ccccc12)NC(=O)c1ccccc1. The van der Waals surface area contributed by atoms with Crippen LogP contribution >= 0.6 is 0 Å². The van der Waals surface area contributed by atoms with Gasteiger partial charge < -0.3 is 10.6 Å². The Labute approximate surface area is 168 Å². The van der Waals surface area contributed by atoms with Crippen molar-refractivity contribution in [1.29, 1.82) is 0 Å². The molecule has 29 heavy (non-hydrogen) atoms. The Morgan fingerprint density at radius 2 is 1.31 bits per heavy atom. The smallest absolute Gasteiger partial charge is 0.267 e. The zero-order chi connectivity index (χ0) is 20.2. The first-order valence-corrected chi connectivity index (χ1v) is 9.38. The first-order chi connectivity index (χ1) is 14.2. The Hall–Kier alpha value is -3.92. The molecule has 4 aromatic rings. The van der Waals surface area contributed by atoms with Crippen LogP contribution in [0, 0.1) is 0 Å². The Balaban J connectivity index is 1.88. The third-order valence-corrected chi connectivity index (χ3v) is 4.86. The fraction of sp³-hybridized carbons (Fsp3) is 0.0400. The highest BCUT2D eigenvalue weighted by atomic mass is 16.2. The van der Waals surface area contributed by atoms with Crippen LogP contribution in [0.4, 0.5) is 0 Å². The third kappa shape index (κ3) is 3.73. The second-order valence-electron chi connectivity index (χ2n) is 6.69. The van der Waals surface area contributed by atoms with Crippen molar-refractivity contribution in [3.63, 3.8) is 0 Å². The minimum Gasteiger partial charge on any atom is -0.354 e. The summed E-state index contributed by atoms with van der Waals surface area (Å²) in [6, 6.07) is 27.0. The summed E-state index contributed by atoms with van der Waals surface area (Å²) in [6.07, 6.45) is 1.75. The van der Waals surface area contributed by atoms with Crippen LogP contribution in [0.2, 0.25) is 0 Å². The van der Waals surface area contributed by atoms with Crippen molar-refractivity contribution in [3.8, 4) is 0 Å². The molecule has 0 bridgehead atoms. The van der Waals surface area contributed by atoms with Crippen molar-refractivity contribution in [3.05, 3.63) is 102 Å². The molecular formula is C25H20N2O2. The maximum absolute atomic E-state index is 12.7. The van der Waals surface area contributed by atoms with Crippen LogP contribution in [0.3, 0.4) is 0 Å². The molecule has 2 amide bonds. The van der Waals surface area contributed by atoms with Crippen LogP contribution < -0.4 is 10.6 Å². The maximum Gasteiger partial charge on any atom is 0.267 e. The van der Waals surface area contributed by atoms with E-state index >= 15 is 0 Å². The summed E-state index contributed by atoms with van der Waals surface area (Å²) < 4.78 is 0. The normalized spacial score (nSPS) is 11.4. The topological polar surface area (TPSA) is 58.2 Å². The summed E-state index contributed by atoms with van der Waals surface area (Å²) in [7, 11) is 1.55. The van der Waals surface area contributed by atoms with E-state index in [1.54, 1.807) is 37.4 Å². The fourth-order valence-electron chi connectivity index (χ4n) is 3.43. The summed E-state index contributed by atoms with van der Waals surface area (Å²) in [5.74, 6) is -0.684. The number of carbonyl (C=O) groups excluding carboxylic acids is 2. The number of amides is 2. The molecule has 4 heteroatoms. The molecule has 0 aliphatic rings. The monoisotopic (exact) mass is 380 g/mol. The molecule has 0 heterocycles. The average molecular weight is 380 g/mol. The summed E-state index contributed by atoms with van der Waals surface area (Å²) in [5, 5.41) is 9.56. The predicted octanol–water partition coefficient (Wildman–Crippen LogP) is 4.51. The highest BCUT2D eigenvalue weighted by Gasteiger charge is 2.15. The zero-order valence-corrected chi connectivity index (χ0v) is 16.0. The number of hydrogen-bond donors (Lipinski definition) is 2. The van der Waals surface area contributed by atoms with Crippen LogP contribution in [0.5, 0.6) is 0 Å². The lowest BCUT2D eigenvalue weighted by Crippen LogP contribution is -2.33. The van der Waals surface area contributed by atoms with Gasteiger partial charge in [0, 0.05) is 12.6 Å². The van der Waals surface area contributed by atoms with Gasteiger partial charge >= 0.3 is 0 Å². The molecule has 4 rings (SSSR count). The zero-order valence-electron chi connectivity index (χ0n) is 16.0. The van der Waals surface area contributed by atoms with Crippen molar-refractivity contribution in [2.75, 3.05) is 7.05 Å². The second-order valence-corrected chi connectivity index (χ2v) is 6.69. The van der Waals surface area contributed by atoms with E-state index in [0.717, 1.165) is 27.1 Å². The molecule has 0 saturated heterocycles. The van der Waals surface area contributed by atoms with E-state index in [0.29, 0.717) is 5.56 Å². The van der Waals surface area contributed by atoms with E-state index in [-0.39, 0.29) is 17.5 Å². The number of fused-ring (bicyclic) bond motifs is 2. The molecular weight excluding hydrogens is 360 g/mol. The van der Waals surface area contributed by atoms with Gasteiger partial charge in [0.05, 0.1) is 0 Å². The van der Waals surface area contributed by atoms with E-state index in [9.17, 15) is 9.59 Å². The largest absolute Gasteiger partial charge is 0.354 e. The highest BCUT2D eigenvalue weighted by molar-refractivity contribution is 6.11. The number of likely N-dealkylation sites (N-methyl/N-ethyl adjacent to an activating group) is 1. The van der Waals surface area contributed by atoms with Crippen LogP contribution in [0.25, 0.3) is 27.6 Å². The highest BCUT2D eigenvalue weighted by Crippen LogP contribution is 2.30. The van der Waals surface area contributed by atoms with Crippen LogP contribution in [-0.4, -0.2) is 18.9 Å². The predicted molar refractivity (Wildman–Crippen MR) is 117 cm³/mol. The molecule has 0 fully saturated rings. The minimum atomic E-state index is -0.355. The molecule has 0 aliphatic heterocycles. The number of rotatable bonds is 4. The lowest BCUT2D eigenvalue weighted by Gasteiger charge is -2.12. The van der Waals surface area contributed by atoms with E-state index < -0.39 is 0 Å². The lowest BCUT2D eigenvalue weighted by molar-refractivity contribution is -0.117. The van der Waals surface area contributed by atoms with E-state index in [4.69, 9.17) is 0 Å². The van der Waals surface area contributed by atoms with Gasteiger partial charge in [0.25, 0.3) is 11.8 Å². The Bertz CT molecular complexity index is 1190. The van der Waals surface area contributed by atoms with Gasteiger partial charge in [-0.2, -0.15) is 0 Å². The third-order valence-electron chi connectivity index (χ3n) is 4.86. The summed E-state index contributed by atoms with van der Waals surface area (Å²) in [6.45, 7) is 0. The summed E-state index contributed by atoms with van der Waals surface area (Å²) >= 11 is 0. The van der Waals surface area contributed by atoms with Gasteiger partial charge in [-0.15, -0.1) is 0 Å².